The number of halogens is 1. The molecule has 1 amide bonds. The van der Waals surface area contributed by atoms with Gasteiger partial charge in [0.1, 0.15) is 5.75 Å². The number of carbonyl (C=O) groups excluding carboxylic acids is 1. The molecule has 8 nitrogen and oxygen atoms in total. The number of carbonyl (C=O) groups is 1. The number of amides is 1. The summed E-state index contributed by atoms with van der Waals surface area (Å²) in [6, 6.07) is 11.5. The molecule has 47 heavy (non-hydrogen) atoms. The van der Waals surface area contributed by atoms with Crippen LogP contribution >= 0.6 is 23.8 Å². The Hall–Kier alpha value is -2.40. The van der Waals surface area contributed by atoms with Crippen LogP contribution in [0.5, 0.6) is 5.75 Å². The maximum absolute atomic E-state index is 13.6. The number of benzene rings is 2. The van der Waals surface area contributed by atoms with Crippen LogP contribution in [0.3, 0.4) is 0 Å². The first kappa shape index (κ1) is 33.1. The molecule has 0 saturated heterocycles. The second kappa shape index (κ2) is 11.9. The Kier molecular flexibility index (Phi) is 8.37. The highest BCUT2D eigenvalue weighted by Crippen LogP contribution is 2.54. The van der Waals surface area contributed by atoms with Crippen LogP contribution in [0.1, 0.15) is 86.2 Å². The molecule has 2 saturated carbocycles. The molecule has 2 aromatic carbocycles. The number of nitrogens with one attached hydrogen (secondary N) is 1. The number of aliphatic hydroxyl groups is 1. The summed E-state index contributed by atoms with van der Waals surface area (Å²) in [5.74, 6) is 0.269. The second-order valence-electron chi connectivity index (χ2n) is 15.3. The van der Waals surface area contributed by atoms with Gasteiger partial charge in [0.25, 0.3) is 5.91 Å². The minimum Gasteiger partial charge on any atom is -0.490 e. The summed E-state index contributed by atoms with van der Waals surface area (Å²) in [5, 5.41) is 13.2. The van der Waals surface area contributed by atoms with Gasteiger partial charge in [0, 0.05) is 49.6 Å². The molecule has 11 heteroatoms. The van der Waals surface area contributed by atoms with E-state index in [2.05, 4.69) is 21.8 Å². The zero-order valence-electron chi connectivity index (χ0n) is 27.6. The van der Waals surface area contributed by atoms with Gasteiger partial charge in [0.05, 0.1) is 27.6 Å². The highest BCUT2D eigenvalue weighted by Gasteiger charge is 2.60. The van der Waals surface area contributed by atoms with Gasteiger partial charge in [-0.2, -0.15) is 0 Å². The average Bonchev–Trinajstić information content (AvgIpc) is 3.70. The van der Waals surface area contributed by atoms with Gasteiger partial charge < -0.3 is 19.6 Å². The lowest BCUT2D eigenvalue weighted by Gasteiger charge is -2.50. The third-order valence-electron chi connectivity index (χ3n) is 12.2. The van der Waals surface area contributed by atoms with Crippen molar-refractivity contribution >= 4 is 50.4 Å². The molecular formula is C36H46ClN3O5S2. The van der Waals surface area contributed by atoms with Crippen molar-refractivity contribution < 1.29 is 23.1 Å². The van der Waals surface area contributed by atoms with Gasteiger partial charge >= 0.3 is 0 Å². The first-order valence-corrected chi connectivity index (χ1v) is 19.3. The zero-order chi connectivity index (χ0) is 33.4. The Morgan fingerprint density at radius 2 is 1.96 bits per heavy atom. The van der Waals surface area contributed by atoms with Gasteiger partial charge in [-0.1, -0.05) is 36.3 Å². The van der Waals surface area contributed by atoms with Crippen molar-refractivity contribution in [2.45, 2.75) is 86.9 Å². The number of hydrogen-bond acceptors (Lipinski definition) is 7. The molecule has 2 fully saturated rings. The van der Waals surface area contributed by atoms with E-state index in [4.69, 9.17) is 28.6 Å². The van der Waals surface area contributed by atoms with Crippen molar-refractivity contribution in [1.82, 2.24) is 9.62 Å². The third-order valence-corrected chi connectivity index (χ3v) is 15.1. The van der Waals surface area contributed by atoms with Crippen molar-refractivity contribution in [1.29, 1.82) is 0 Å². The normalized spacial score (nSPS) is 34.4. The van der Waals surface area contributed by atoms with E-state index in [0.29, 0.717) is 63.1 Å². The minimum atomic E-state index is -3.93. The smallest absolute Gasteiger partial charge is 0.264 e. The van der Waals surface area contributed by atoms with Crippen LogP contribution in [0.4, 0.5) is 5.69 Å². The monoisotopic (exact) mass is 699 g/mol. The molecule has 2 aliphatic heterocycles. The number of hydrogen-bond donors (Lipinski definition) is 2. The molecule has 2 aromatic rings. The molecule has 3 aliphatic carbocycles. The average molecular weight is 700 g/mol. The zero-order valence-corrected chi connectivity index (χ0v) is 29.9. The van der Waals surface area contributed by atoms with Crippen molar-refractivity contribution in [3.05, 3.63) is 58.1 Å². The lowest BCUT2D eigenvalue weighted by atomic mass is 9.62. The summed E-state index contributed by atoms with van der Waals surface area (Å²) in [6.45, 7) is 3.58. The van der Waals surface area contributed by atoms with Gasteiger partial charge in [-0.3, -0.25) is 4.79 Å². The van der Waals surface area contributed by atoms with Crippen LogP contribution in [-0.2, 0) is 21.9 Å². The van der Waals surface area contributed by atoms with E-state index in [0.717, 1.165) is 47.8 Å². The van der Waals surface area contributed by atoms with Crippen LogP contribution in [0.2, 0.25) is 5.02 Å². The SMILES string of the molecule is CN(C)C(=S)C[C@]1(O)CCC[C@@H]2C[C@@]2(C)S(=O)(=O)NC(=O)c2ccc3c(c2)N(C[C@@H]2CC[C@H]21)C[C@@]1(CCCc2cc(Cl)ccc21)CO3. The van der Waals surface area contributed by atoms with E-state index in [1.807, 2.05) is 31.1 Å². The fraction of sp³-hybridized carbons (Fsp3) is 0.611. The Morgan fingerprint density at radius 3 is 2.70 bits per heavy atom. The van der Waals surface area contributed by atoms with Crippen molar-refractivity contribution in [3.8, 4) is 5.75 Å². The lowest BCUT2D eigenvalue weighted by molar-refractivity contribution is -0.0837. The maximum atomic E-state index is 13.6. The third kappa shape index (κ3) is 5.85. The van der Waals surface area contributed by atoms with Gasteiger partial charge in [0.15, 0.2) is 0 Å². The van der Waals surface area contributed by atoms with Crippen molar-refractivity contribution in [3.63, 3.8) is 0 Å². The van der Waals surface area contributed by atoms with Crippen molar-refractivity contribution in [2.24, 2.45) is 17.8 Å². The van der Waals surface area contributed by atoms with Crippen LogP contribution in [0, 0.1) is 17.8 Å². The number of sulfonamides is 1. The summed E-state index contributed by atoms with van der Waals surface area (Å²) < 4.78 is 35.1. The standard InChI is InChI=1S/C36H46ClN3O5S2/c1-34-18-26(34)7-5-15-36(42,19-32(46)39(2)3)29-11-8-25(29)20-40-21-35(14-4-6-23-16-27(37)10-12-28(23)35)22-45-31-13-9-24(17-30(31)40)33(41)38-47(34,43)44/h9-10,12-13,16-17,25-26,29,42H,4-8,11,14-15,18-22H2,1-3H3,(H,38,41)/t25-,26+,29+,34+,35-,36+/m0/s1. The number of thiocarbonyl (C=S) groups is 1. The van der Waals surface area contributed by atoms with Crippen LogP contribution in [0.25, 0.3) is 0 Å². The Balaban J connectivity index is 1.31. The Labute approximate surface area is 289 Å². The Morgan fingerprint density at radius 1 is 1.15 bits per heavy atom. The van der Waals surface area contributed by atoms with E-state index in [1.54, 1.807) is 19.1 Å². The number of rotatable bonds is 2. The predicted molar refractivity (Wildman–Crippen MR) is 189 cm³/mol. The molecule has 5 aliphatic rings. The number of aryl methyl sites for hydroxylation is 1. The minimum absolute atomic E-state index is 0.0510. The van der Waals surface area contributed by atoms with Crippen LogP contribution in [0.15, 0.2) is 36.4 Å². The van der Waals surface area contributed by atoms with Crippen LogP contribution < -0.4 is 14.4 Å². The lowest BCUT2D eigenvalue weighted by Crippen LogP contribution is -2.54. The molecule has 254 valence electrons. The molecule has 6 atom stereocenters. The molecule has 0 aromatic heterocycles. The topological polar surface area (TPSA) is 99.2 Å². The highest BCUT2D eigenvalue weighted by molar-refractivity contribution is 7.91. The fourth-order valence-corrected chi connectivity index (χ4v) is 11.0. The molecule has 2 bridgehead atoms. The number of ether oxygens (including phenoxy) is 1. The van der Waals surface area contributed by atoms with E-state index >= 15 is 0 Å². The molecule has 2 N–H and O–H groups in total. The molecule has 1 spiro atoms. The summed E-state index contributed by atoms with van der Waals surface area (Å²) in [4.78, 5) is 18.5. The predicted octanol–water partition coefficient (Wildman–Crippen LogP) is 5.87. The quantitative estimate of drug-likeness (QED) is 0.376. The molecule has 0 radical (unpaired) electrons. The summed E-state index contributed by atoms with van der Waals surface area (Å²) in [5.41, 5.74) is 2.30. The molecule has 0 unspecified atom stereocenters. The Bertz CT molecular complexity index is 1720. The number of nitrogens with zero attached hydrogens (tertiary/aromatic N) is 2. The fourth-order valence-electron chi connectivity index (χ4n) is 8.98. The van der Waals surface area contributed by atoms with Crippen molar-refractivity contribution in [2.75, 3.05) is 38.7 Å². The van der Waals surface area contributed by atoms with Gasteiger partial charge in [-0.25, -0.2) is 13.1 Å². The van der Waals surface area contributed by atoms with E-state index in [9.17, 15) is 18.3 Å². The number of anilines is 1. The first-order valence-electron chi connectivity index (χ1n) is 17.0. The van der Waals surface area contributed by atoms with Gasteiger partial charge in [-0.15, -0.1) is 0 Å². The second-order valence-corrected chi connectivity index (χ2v) is 18.4. The first-order chi connectivity index (χ1) is 22.2. The van der Waals surface area contributed by atoms with E-state index in [-0.39, 0.29) is 23.2 Å². The highest BCUT2D eigenvalue weighted by atomic mass is 35.5. The summed E-state index contributed by atoms with van der Waals surface area (Å²) >= 11 is 12.2. The van der Waals surface area contributed by atoms with Gasteiger partial charge in [0.2, 0.25) is 10.0 Å². The largest absolute Gasteiger partial charge is 0.490 e. The maximum Gasteiger partial charge on any atom is 0.264 e. The van der Waals surface area contributed by atoms with Gasteiger partial charge in [-0.05, 0) is 118 Å². The van der Waals surface area contributed by atoms with E-state index < -0.39 is 26.3 Å². The molecule has 2 heterocycles. The van der Waals surface area contributed by atoms with E-state index in [1.165, 1.54) is 11.1 Å². The van der Waals surface area contributed by atoms with Crippen LogP contribution in [-0.4, -0.2) is 73.5 Å². The molecule has 7 rings (SSSR count). The summed E-state index contributed by atoms with van der Waals surface area (Å²) in [7, 11) is -0.0751. The molecular weight excluding hydrogens is 654 g/mol. The summed E-state index contributed by atoms with van der Waals surface area (Å²) in [6.07, 6.45) is 7.68. The number of fused-ring (bicyclic) bond motifs is 5.